The zero-order valence-corrected chi connectivity index (χ0v) is 20.9. The molecule has 184 valence electrons. The molecule has 2 N–H and O–H groups in total. The number of carbonyl (C=O) groups excluding carboxylic acids is 2. The molecule has 0 unspecified atom stereocenters. The van der Waals surface area contributed by atoms with Gasteiger partial charge < -0.3 is 19.9 Å². The van der Waals surface area contributed by atoms with E-state index in [1.54, 1.807) is 31.4 Å². The quantitative estimate of drug-likeness (QED) is 0.291. The number of thioether (sulfide) groups is 1. The van der Waals surface area contributed by atoms with E-state index in [9.17, 15) is 9.59 Å². The highest BCUT2D eigenvalue weighted by Crippen LogP contribution is 2.33. The second-order valence-corrected chi connectivity index (χ2v) is 9.53. The number of rotatable bonds is 10. The molecule has 1 aromatic heterocycles. The molecule has 4 rings (SSSR count). The fourth-order valence-corrected chi connectivity index (χ4v) is 5.19. The highest BCUT2D eigenvalue weighted by atomic mass is 32.2. The number of carbonyl (C=O) groups is 2. The first kappa shape index (κ1) is 24.8. The van der Waals surface area contributed by atoms with Gasteiger partial charge in [0.1, 0.15) is 5.75 Å². The first-order valence-corrected chi connectivity index (χ1v) is 12.9. The molecule has 0 aliphatic heterocycles. The minimum absolute atomic E-state index is 0.0845. The average Bonchev–Trinajstić information content (AvgIpc) is 3.30. The van der Waals surface area contributed by atoms with Gasteiger partial charge in [0, 0.05) is 23.4 Å². The summed E-state index contributed by atoms with van der Waals surface area (Å²) in [7, 11) is 1.65. The maximum absolute atomic E-state index is 12.7. The third-order valence-corrected chi connectivity index (χ3v) is 7.05. The molecule has 0 bridgehead atoms. The number of nitrogens with zero attached hydrogens (tertiary/aromatic N) is 3. The Balaban J connectivity index is 1.46. The zero-order chi connectivity index (χ0) is 24.6. The third-order valence-electron chi connectivity index (χ3n) is 6.11. The maximum atomic E-state index is 12.7. The molecular formula is C26H31N5O3S. The van der Waals surface area contributed by atoms with Crippen molar-refractivity contribution in [1.29, 1.82) is 0 Å². The number of amides is 1. The van der Waals surface area contributed by atoms with Crippen LogP contribution >= 0.6 is 11.8 Å². The second-order valence-electron chi connectivity index (χ2n) is 8.58. The number of ether oxygens (including phenoxy) is 1. The molecule has 1 heterocycles. The number of anilines is 2. The van der Waals surface area contributed by atoms with E-state index in [-0.39, 0.29) is 17.4 Å². The molecular weight excluding hydrogens is 462 g/mol. The van der Waals surface area contributed by atoms with E-state index in [0.717, 1.165) is 35.3 Å². The summed E-state index contributed by atoms with van der Waals surface area (Å²) in [6.45, 7) is 2.02. The normalized spacial score (nSPS) is 13.9. The van der Waals surface area contributed by atoms with Gasteiger partial charge in [-0.25, -0.2) is 0 Å². The number of aromatic nitrogens is 3. The Hall–Kier alpha value is -3.33. The molecule has 3 aromatic rings. The number of para-hydroxylation sites is 1. The smallest absolute Gasteiger partial charge is 0.234 e. The minimum Gasteiger partial charge on any atom is -0.497 e. The summed E-state index contributed by atoms with van der Waals surface area (Å²) in [4.78, 5) is 24.6. The molecule has 35 heavy (non-hydrogen) atoms. The number of methoxy groups -OCH3 is 1. The summed E-state index contributed by atoms with van der Waals surface area (Å²) in [5, 5.41) is 15.9. The van der Waals surface area contributed by atoms with Crippen LogP contribution in [0, 0.1) is 0 Å². The van der Waals surface area contributed by atoms with Crippen molar-refractivity contribution in [2.24, 2.45) is 0 Å². The standard InChI is InChI=1S/C26H31N5O3S/c1-18(32)22-13-6-7-14-23(22)28-25(33)17-35-26-30-29-24(31(26)20-10-4-3-5-11-20)16-27-19-9-8-12-21(15-19)34-2/h6-9,12-15,20,27H,3-5,10-11,16-17H2,1-2H3,(H,28,33). The molecule has 1 fully saturated rings. The number of hydrogen-bond acceptors (Lipinski definition) is 7. The number of ketones is 1. The highest BCUT2D eigenvalue weighted by Gasteiger charge is 2.23. The third kappa shape index (κ3) is 6.42. The molecule has 1 saturated carbocycles. The molecule has 0 saturated heterocycles. The molecule has 0 atom stereocenters. The van der Waals surface area contributed by atoms with Crippen molar-refractivity contribution >= 4 is 34.8 Å². The lowest BCUT2D eigenvalue weighted by molar-refractivity contribution is -0.113. The van der Waals surface area contributed by atoms with Gasteiger partial charge in [-0.1, -0.05) is 49.2 Å². The van der Waals surface area contributed by atoms with E-state index in [4.69, 9.17) is 4.74 Å². The Kier molecular flexibility index (Phi) is 8.41. The Labute approximate surface area is 209 Å². The number of Topliss-reactive ketones (excluding diaryl/α,β-unsaturated/α-hetero) is 1. The monoisotopic (exact) mass is 493 g/mol. The molecule has 0 spiro atoms. The van der Waals surface area contributed by atoms with Crippen molar-refractivity contribution in [2.45, 2.75) is 56.8 Å². The zero-order valence-electron chi connectivity index (χ0n) is 20.1. The fraction of sp³-hybridized carbons (Fsp3) is 0.385. The minimum atomic E-state index is -0.182. The molecule has 2 aromatic carbocycles. The van der Waals surface area contributed by atoms with Crippen LogP contribution in [0.1, 0.15) is 61.3 Å². The van der Waals surface area contributed by atoms with Crippen molar-refractivity contribution < 1.29 is 14.3 Å². The van der Waals surface area contributed by atoms with Crippen LogP contribution in [0.15, 0.2) is 53.7 Å². The van der Waals surface area contributed by atoms with Crippen molar-refractivity contribution in [1.82, 2.24) is 14.8 Å². The predicted octanol–water partition coefficient (Wildman–Crippen LogP) is 5.34. The average molecular weight is 494 g/mol. The van der Waals surface area contributed by atoms with Crippen LogP contribution in [-0.2, 0) is 11.3 Å². The van der Waals surface area contributed by atoms with Crippen molar-refractivity contribution in [3.63, 3.8) is 0 Å². The van der Waals surface area contributed by atoms with E-state index in [0.29, 0.717) is 23.8 Å². The van der Waals surface area contributed by atoms with Crippen molar-refractivity contribution in [2.75, 3.05) is 23.5 Å². The topological polar surface area (TPSA) is 98.1 Å². The van der Waals surface area contributed by atoms with Gasteiger partial charge >= 0.3 is 0 Å². The molecule has 1 aliphatic carbocycles. The van der Waals surface area contributed by atoms with Gasteiger partial charge in [0.15, 0.2) is 16.8 Å². The number of nitrogens with one attached hydrogen (secondary N) is 2. The lowest BCUT2D eigenvalue weighted by Crippen LogP contribution is -2.20. The first-order chi connectivity index (χ1) is 17.0. The van der Waals surface area contributed by atoms with Gasteiger partial charge in [-0.15, -0.1) is 10.2 Å². The van der Waals surface area contributed by atoms with E-state index in [1.165, 1.54) is 37.9 Å². The maximum Gasteiger partial charge on any atom is 0.234 e. The molecule has 8 nitrogen and oxygen atoms in total. The summed E-state index contributed by atoms with van der Waals surface area (Å²) in [5.74, 6) is 1.55. The lowest BCUT2D eigenvalue weighted by Gasteiger charge is -2.25. The van der Waals surface area contributed by atoms with Gasteiger partial charge in [0.25, 0.3) is 0 Å². The van der Waals surface area contributed by atoms with Gasteiger partial charge in [0.2, 0.25) is 5.91 Å². The first-order valence-electron chi connectivity index (χ1n) is 11.9. The SMILES string of the molecule is COc1cccc(NCc2nnc(SCC(=O)Nc3ccccc3C(C)=O)n2C2CCCCC2)c1. The van der Waals surface area contributed by atoms with Crippen LogP contribution in [-0.4, -0.2) is 39.3 Å². The van der Waals surface area contributed by atoms with Crippen molar-refractivity contribution in [3.8, 4) is 5.75 Å². The summed E-state index contributed by atoms with van der Waals surface area (Å²) < 4.78 is 7.52. The highest BCUT2D eigenvalue weighted by molar-refractivity contribution is 7.99. The molecule has 0 radical (unpaired) electrons. The van der Waals surface area contributed by atoms with Crippen LogP contribution in [0.3, 0.4) is 0 Å². The summed E-state index contributed by atoms with van der Waals surface area (Å²) >= 11 is 1.38. The van der Waals surface area contributed by atoms with Gasteiger partial charge in [-0.3, -0.25) is 9.59 Å². The fourth-order valence-electron chi connectivity index (χ4n) is 4.36. The van der Waals surface area contributed by atoms with Crippen LogP contribution in [0.25, 0.3) is 0 Å². The second kappa shape index (κ2) is 11.9. The van der Waals surface area contributed by atoms with Crippen LogP contribution in [0.4, 0.5) is 11.4 Å². The van der Waals surface area contributed by atoms with Gasteiger partial charge in [0.05, 0.1) is 25.1 Å². The molecule has 1 aliphatic rings. The van der Waals surface area contributed by atoms with Crippen molar-refractivity contribution in [3.05, 3.63) is 59.9 Å². The van der Waals surface area contributed by atoms with E-state index >= 15 is 0 Å². The van der Waals surface area contributed by atoms with Gasteiger partial charge in [-0.05, 0) is 44.0 Å². The summed E-state index contributed by atoms with van der Waals surface area (Å²) in [5.41, 5.74) is 1.98. The largest absolute Gasteiger partial charge is 0.497 e. The summed E-state index contributed by atoms with van der Waals surface area (Å²) in [6.07, 6.45) is 5.76. The Morgan fingerprint density at radius 1 is 1.09 bits per heavy atom. The Bertz CT molecular complexity index is 1170. The number of benzene rings is 2. The van der Waals surface area contributed by atoms with Gasteiger partial charge in [-0.2, -0.15) is 0 Å². The molecule has 9 heteroatoms. The van der Waals surface area contributed by atoms with Crippen LogP contribution in [0.2, 0.25) is 0 Å². The van der Waals surface area contributed by atoms with E-state index in [2.05, 4.69) is 25.4 Å². The lowest BCUT2D eigenvalue weighted by atomic mass is 9.95. The number of hydrogen-bond donors (Lipinski definition) is 2. The Morgan fingerprint density at radius 2 is 1.89 bits per heavy atom. The van der Waals surface area contributed by atoms with E-state index in [1.807, 2.05) is 24.3 Å². The summed E-state index contributed by atoms with van der Waals surface area (Å²) in [6, 6.07) is 15.2. The van der Waals surface area contributed by atoms with E-state index < -0.39 is 0 Å². The van der Waals surface area contributed by atoms with Crippen LogP contribution in [0.5, 0.6) is 5.75 Å². The molecule has 1 amide bonds. The predicted molar refractivity (Wildman–Crippen MR) is 138 cm³/mol. The Morgan fingerprint density at radius 3 is 2.66 bits per heavy atom. The van der Waals surface area contributed by atoms with Crippen LogP contribution < -0.4 is 15.4 Å².